The van der Waals surface area contributed by atoms with Crippen molar-refractivity contribution in [1.29, 1.82) is 0 Å². The molecule has 1 aliphatic rings. The van der Waals surface area contributed by atoms with Gasteiger partial charge in [0.15, 0.2) is 0 Å². The Labute approximate surface area is 123 Å². The molecule has 1 aliphatic carbocycles. The number of nitrogens with one attached hydrogen (secondary N) is 1. The number of hydrogen-bond donors (Lipinski definition) is 1. The molecule has 0 bridgehead atoms. The molecule has 4 nitrogen and oxygen atoms in total. The largest absolute Gasteiger partial charge is 0.312 e. The summed E-state index contributed by atoms with van der Waals surface area (Å²) in [6.07, 6.45) is 2.58. The lowest BCUT2D eigenvalue weighted by Crippen LogP contribution is -2.28. The fraction of sp³-hybridized carbons (Fsp3) is 0.294. The highest BCUT2D eigenvalue weighted by molar-refractivity contribution is 5.74. The fourth-order valence-electron chi connectivity index (χ4n) is 2.70. The molecule has 1 unspecified atom stereocenters. The van der Waals surface area contributed by atoms with Crippen LogP contribution < -0.4 is 5.32 Å². The van der Waals surface area contributed by atoms with Crippen LogP contribution in [0.3, 0.4) is 0 Å². The summed E-state index contributed by atoms with van der Waals surface area (Å²) < 4.78 is 2.04. The Morgan fingerprint density at radius 1 is 1.05 bits per heavy atom. The van der Waals surface area contributed by atoms with Crippen molar-refractivity contribution < 1.29 is 0 Å². The molecule has 1 fully saturated rings. The van der Waals surface area contributed by atoms with Crippen LogP contribution in [0.4, 0.5) is 0 Å². The topological polar surface area (TPSA) is 42.7 Å². The molecule has 1 heterocycles. The van der Waals surface area contributed by atoms with Gasteiger partial charge in [-0.3, -0.25) is 0 Å². The first kappa shape index (κ1) is 12.5. The number of fused-ring (bicyclic) bond motifs is 1. The Morgan fingerprint density at radius 3 is 2.62 bits per heavy atom. The maximum absolute atomic E-state index is 4.40. The van der Waals surface area contributed by atoms with Gasteiger partial charge in [-0.1, -0.05) is 47.7 Å². The second-order valence-electron chi connectivity index (χ2n) is 5.63. The lowest BCUT2D eigenvalue weighted by molar-refractivity contribution is 0.479. The van der Waals surface area contributed by atoms with E-state index in [1.807, 2.05) is 28.9 Å². The van der Waals surface area contributed by atoms with Crippen LogP contribution in [-0.4, -0.2) is 27.6 Å². The standard InChI is InChI=1S/C17H18N4/c1-2-6-13(7-3-1)17(12-18-14-10-11-14)21-16-9-5-4-8-15(16)19-20-21/h1-9,14,17-18H,10-12H2. The first-order valence-corrected chi connectivity index (χ1v) is 7.50. The van der Waals surface area contributed by atoms with Gasteiger partial charge in [0, 0.05) is 12.6 Å². The molecule has 4 rings (SSSR count). The third-order valence-electron chi connectivity index (χ3n) is 4.03. The highest BCUT2D eigenvalue weighted by atomic mass is 15.4. The number of aromatic nitrogens is 3. The van der Waals surface area contributed by atoms with Gasteiger partial charge in [-0.05, 0) is 30.5 Å². The summed E-state index contributed by atoms with van der Waals surface area (Å²) in [6, 6.07) is 19.5. The summed E-state index contributed by atoms with van der Waals surface area (Å²) in [4.78, 5) is 0. The molecular weight excluding hydrogens is 260 g/mol. The highest BCUT2D eigenvalue weighted by Gasteiger charge is 2.24. The maximum Gasteiger partial charge on any atom is 0.113 e. The van der Waals surface area contributed by atoms with E-state index >= 15 is 0 Å². The van der Waals surface area contributed by atoms with Crippen molar-refractivity contribution in [3.8, 4) is 0 Å². The summed E-state index contributed by atoms with van der Waals surface area (Å²) >= 11 is 0. The van der Waals surface area contributed by atoms with Gasteiger partial charge >= 0.3 is 0 Å². The van der Waals surface area contributed by atoms with E-state index in [9.17, 15) is 0 Å². The summed E-state index contributed by atoms with van der Waals surface area (Å²) in [5, 5.41) is 12.3. The van der Waals surface area contributed by atoms with Gasteiger partial charge in [-0.2, -0.15) is 0 Å². The average molecular weight is 278 g/mol. The molecular formula is C17H18N4. The summed E-state index contributed by atoms with van der Waals surface area (Å²) in [5.41, 5.74) is 3.30. The van der Waals surface area contributed by atoms with Gasteiger partial charge in [0.2, 0.25) is 0 Å². The van der Waals surface area contributed by atoms with Crippen molar-refractivity contribution in [2.45, 2.75) is 24.9 Å². The number of nitrogens with zero attached hydrogens (tertiary/aromatic N) is 3. The van der Waals surface area contributed by atoms with Crippen molar-refractivity contribution in [3.05, 3.63) is 60.2 Å². The van der Waals surface area contributed by atoms with Gasteiger partial charge in [0.1, 0.15) is 5.52 Å². The number of hydrogen-bond acceptors (Lipinski definition) is 3. The molecule has 2 aromatic carbocycles. The van der Waals surface area contributed by atoms with Crippen molar-refractivity contribution in [3.63, 3.8) is 0 Å². The quantitative estimate of drug-likeness (QED) is 0.780. The van der Waals surface area contributed by atoms with Crippen molar-refractivity contribution in [2.75, 3.05) is 6.54 Å². The molecule has 4 heteroatoms. The minimum atomic E-state index is 0.180. The molecule has 0 spiro atoms. The zero-order valence-corrected chi connectivity index (χ0v) is 11.8. The van der Waals surface area contributed by atoms with Gasteiger partial charge in [0.05, 0.1) is 11.6 Å². The second-order valence-corrected chi connectivity index (χ2v) is 5.63. The second kappa shape index (κ2) is 5.30. The van der Waals surface area contributed by atoms with Crippen molar-refractivity contribution in [1.82, 2.24) is 20.3 Å². The molecule has 0 amide bonds. The van der Waals surface area contributed by atoms with Crippen LogP contribution in [0.15, 0.2) is 54.6 Å². The van der Waals surface area contributed by atoms with E-state index in [1.54, 1.807) is 0 Å². The first-order valence-electron chi connectivity index (χ1n) is 7.50. The third-order valence-corrected chi connectivity index (χ3v) is 4.03. The van der Waals surface area contributed by atoms with E-state index in [-0.39, 0.29) is 6.04 Å². The molecule has 0 saturated heterocycles. The minimum absolute atomic E-state index is 0.180. The molecule has 1 saturated carbocycles. The lowest BCUT2D eigenvalue weighted by Gasteiger charge is -2.19. The van der Waals surface area contributed by atoms with Crippen molar-refractivity contribution in [2.24, 2.45) is 0 Å². The smallest absolute Gasteiger partial charge is 0.113 e. The number of rotatable bonds is 5. The zero-order chi connectivity index (χ0) is 14.1. The first-order chi connectivity index (χ1) is 10.4. The van der Waals surface area contributed by atoms with E-state index in [0.717, 1.165) is 17.6 Å². The van der Waals surface area contributed by atoms with E-state index < -0.39 is 0 Å². The normalized spacial score (nSPS) is 16.2. The minimum Gasteiger partial charge on any atom is -0.312 e. The Bertz CT molecular complexity index is 731. The summed E-state index contributed by atoms with van der Waals surface area (Å²) in [5.74, 6) is 0. The lowest BCUT2D eigenvalue weighted by atomic mass is 10.1. The van der Waals surface area contributed by atoms with Gasteiger partial charge in [-0.25, -0.2) is 4.68 Å². The van der Waals surface area contributed by atoms with E-state index in [1.165, 1.54) is 18.4 Å². The Balaban J connectivity index is 1.73. The molecule has 106 valence electrons. The molecule has 0 radical (unpaired) electrons. The van der Waals surface area contributed by atoms with Crippen LogP contribution in [0.2, 0.25) is 0 Å². The van der Waals surface area contributed by atoms with Crippen LogP contribution in [0, 0.1) is 0 Å². The van der Waals surface area contributed by atoms with Crippen LogP contribution >= 0.6 is 0 Å². The Kier molecular flexibility index (Phi) is 3.16. The van der Waals surface area contributed by atoms with Crippen LogP contribution in [-0.2, 0) is 0 Å². The molecule has 1 aromatic heterocycles. The van der Waals surface area contributed by atoms with Crippen LogP contribution in [0.5, 0.6) is 0 Å². The highest BCUT2D eigenvalue weighted by Crippen LogP contribution is 2.24. The van der Waals surface area contributed by atoms with E-state index in [4.69, 9.17) is 0 Å². The third kappa shape index (κ3) is 2.54. The average Bonchev–Trinajstić information content (AvgIpc) is 3.28. The number of para-hydroxylation sites is 1. The molecule has 1 atom stereocenters. The van der Waals surface area contributed by atoms with Crippen molar-refractivity contribution >= 4 is 11.0 Å². The van der Waals surface area contributed by atoms with Gasteiger partial charge in [0.25, 0.3) is 0 Å². The van der Waals surface area contributed by atoms with E-state index in [0.29, 0.717) is 6.04 Å². The van der Waals surface area contributed by atoms with Gasteiger partial charge in [-0.15, -0.1) is 5.10 Å². The molecule has 21 heavy (non-hydrogen) atoms. The molecule has 3 aromatic rings. The maximum atomic E-state index is 4.40. The zero-order valence-electron chi connectivity index (χ0n) is 11.8. The number of benzene rings is 2. The monoisotopic (exact) mass is 278 g/mol. The summed E-state index contributed by atoms with van der Waals surface area (Å²) in [6.45, 7) is 0.891. The SMILES string of the molecule is c1ccc(C(CNC2CC2)n2nnc3ccccc32)cc1. The molecule has 0 aliphatic heterocycles. The molecule has 1 N–H and O–H groups in total. The van der Waals surface area contributed by atoms with Gasteiger partial charge < -0.3 is 5.32 Å². The Hall–Kier alpha value is -2.20. The summed E-state index contributed by atoms with van der Waals surface area (Å²) in [7, 11) is 0. The fourth-order valence-corrected chi connectivity index (χ4v) is 2.70. The van der Waals surface area contributed by atoms with Crippen LogP contribution in [0.1, 0.15) is 24.4 Å². The Morgan fingerprint density at radius 2 is 1.81 bits per heavy atom. The predicted molar refractivity (Wildman–Crippen MR) is 83.1 cm³/mol. The van der Waals surface area contributed by atoms with E-state index in [2.05, 4.69) is 46.0 Å². The van der Waals surface area contributed by atoms with Crippen LogP contribution in [0.25, 0.3) is 11.0 Å². The predicted octanol–water partition coefficient (Wildman–Crippen LogP) is 2.77.